The summed E-state index contributed by atoms with van der Waals surface area (Å²) in [6.07, 6.45) is 0.760. The van der Waals surface area contributed by atoms with Crippen LogP contribution in [-0.2, 0) is 6.42 Å². The number of rotatable bonds is 4. The van der Waals surface area contributed by atoms with Crippen molar-refractivity contribution in [3.05, 3.63) is 69.4 Å². The molecule has 2 rings (SSSR count). The normalized spacial score (nSPS) is 12.4. The number of halogens is 2. The maximum atomic E-state index is 13.9. The summed E-state index contributed by atoms with van der Waals surface area (Å²) in [6, 6.07) is 13.3. The van der Waals surface area contributed by atoms with Crippen LogP contribution in [0.5, 0.6) is 0 Å². The third-order valence-corrected chi connectivity index (χ3v) is 3.70. The van der Waals surface area contributed by atoms with Crippen molar-refractivity contribution in [2.45, 2.75) is 19.4 Å². The Morgan fingerprint density at radius 1 is 1.21 bits per heavy atom. The van der Waals surface area contributed by atoms with Gasteiger partial charge in [-0.25, -0.2) is 4.39 Å². The molecule has 0 aliphatic heterocycles. The van der Waals surface area contributed by atoms with Gasteiger partial charge in [-0.3, -0.25) is 0 Å². The molecule has 0 amide bonds. The average molecular weight is 322 g/mol. The highest BCUT2D eigenvalue weighted by Crippen LogP contribution is 2.23. The maximum absolute atomic E-state index is 13.9. The lowest BCUT2D eigenvalue weighted by Gasteiger charge is -2.18. The van der Waals surface area contributed by atoms with E-state index in [0.29, 0.717) is 0 Å². The van der Waals surface area contributed by atoms with Gasteiger partial charge in [-0.1, -0.05) is 45.8 Å². The van der Waals surface area contributed by atoms with E-state index in [9.17, 15) is 4.39 Å². The zero-order chi connectivity index (χ0) is 13.8. The fourth-order valence-electron chi connectivity index (χ4n) is 2.20. The first-order valence-corrected chi connectivity index (χ1v) is 7.07. The van der Waals surface area contributed by atoms with Crippen LogP contribution in [0.1, 0.15) is 22.7 Å². The summed E-state index contributed by atoms with van der Waals surface area (Å²) < 4.78 is 15.0. The summed E-state index contributed by atoms with van der Waals surface area (Å²) in [7, 11) is 1.87. The summed E-state index contributed by atoms with van der Waals surface area (Å²) in [6.45, 7) is 1.98. The molecule has 0 aliphatic carbocycles. The minimum atomic E-state index is -0.153. The van der Waals surface area contributed by atoms with Crippen LogP contribution in [0.2, 0.25) is 0 Å². The highest BCUT2D eigenvalue weighted by Gasteiger charge is 2.14. The Balaban J connectivity index is 2.27. The first-order valence-electron chi connectivity index (χ1n) is 6.28. The summed E-state index contributed by atoms with van der Waals surface area (Å²) in [5.41, 5.74) is 2.97. The van der Waals surface area contributed by atoms with Gasteiger partial charge in [0.2, 0.25) is 0 Å². The lowest BCUT2D eigenvalue weighted by atomic mass is 9.97. The molecule has 0 fully saturated rings. The molecule has 0 saturated carbocycles. The van der Waals surface area contributed by atoms with Crippen molar-refractivity contribution < 1.29 is 4.39 Å². The van der Waals surface area contributed by atoms with E-state index in [2.05, 4.69) is 33.4 Å². The second-order valence-corrected chi connectivity index (χ2v) is 5.62. The molecule has 0 radical (unpaired) electrons. The predicted molar refractivity (Wildman–Crippen MR) is 80.8 cm³/mol. The zero-order valence-corrected chi connectivity index (χ0v) is 12.7. The number of aryl methyl sites for hydroxylation is 1. The smallest absolute Gasteiger partial charge is 0.128 e. The Hall–Kier alpha value is -1.19. The van der Waals surface area contributed by atoms with Crippen molar-refractivity contribution in [2.24, 2.45) is 0 Å². The molecule has 0 bridgehead atoms. The molecule has 100 valence electrons. The molecule has 1 unspecified atom stereocenters. The van der Waals surface area contributed by atoms with Crippen LogP contribution in [-0.4, -0.2) is 7.05 Å². The van der Waals surface area contributed by atoms with Gasteiger partial charge in [0.1, 0.15) is 5.82 Å². The van der Waals surface area contributed by atoms with Crippen molar-refractivity contribution in [2.75, 3.05) is 7.05 Å². The SMILES string of the molecule is CNC(Cc1cccc(Br)c1)c1cc(C)ccc1F. The quantitative estimate of drug-likeness (QED) is 0.880. The lowest BCUT2D eigenvalue weighted by molar-refractivity contribution is 0.533. The van der Waals surface area contributed by atoms with Gasteiger partial charge in [-0.15, -0.1) is 0 Å². The van der Waals surface area contributed by atoms with Crippen LogP contribution < -0.4 is 5.32 Å². The lowest BCUT2D eigenvalue weighted by Crippen LogP contribution is -2.20. The molecule has 1 N–H and O–H groups in total. The Morgan fingerprint density at radius 2 is 2.00 bits per heavy atom. The third-order valence-electron chi connectivity index (χ3n) is 3.20. The number of nitrogens with one attached hydrogen (secondary N) is 1. The fourth-order valence-corrected chi connectivity index (χ4v) is 2.64. The molecule has 19 heavy (non-hydrogen) atoms. The van der Waals surface area contributed by atoms with E-state index in [1.807, 2.05) is 32.2 Å². The molecular formula is C16H17BrFN. The van der Waals surface area contributed by atoms with Gasteiger partial charge in [0.05, 0.1) is 0 Å². The van der Waals surface area contributed by atoms with Crippen molar-refractivity contribution in [1.29, 1.82) is 0 Å². The highest BCUT2D eigenvalue weighted by atomic mass is 79.9. The van der Waals surface area contributed by atoms with Gasteiger partial charge in [0.15, 0.2) is 0 Å². The van der Waals surface area contributed by atoms with Crippen LogP contribution in [0.15, 0.2) is 46.9 Å². The molecule has 1 atom stereocenters. The van der Waals surface area contributed by atoms with Crippen LogP contribution in [0.4, 0.5) is 4.39 Å². The van der Waals surface area contributed by atoms with Gasteiger partial charge in [-0.05, 0) is 44.2 Å². The van der Waals surface area contributed by atoms with E-state index in [0.717, 1.165) is 22.0 Å². The number of benzene rings is 2. The van der Waals surface area contributed by atoms with Gasteiger partial charge in [-0.2, -0.15) is 0 Å². The first kappa shape index (κ1) is 14.2. The largest absolute Gasteiger partial charge is 0.313 e. The van der Waals surface area contributed by atoms with Crippen LogP contribution in [0.3, 0.4) is 0 Å². The monoisotopic (exact) mass is 321 g/mol. The average Bonchev–Trinajstić information content (AvgIpc) is 2.39. The number of hydrogen-bond acceptors (Lipinski definition) is 1. The minimum Gasteiger partial charge on any atom is -0.313 e. The van der Waals surface area contributed by atoms with Gasteiger partial charge in [0.25, 0.3) is 0 Å². The van der Waals surface area contributed by atoms with E-state index in [4.69, 9.17) is 0 Å². The van der Waals surface area contributed by atoms with Crippen molar-refractivity contribution >= 4 is 15.9 Å². The second-order valence-electron chi connectivity index (χ2n) is 4.70. The molecule has 0 aromatic heterocycles. The number of likely N-dealkylation sites (N-methyl/N-ethyl adjacent to an activating group) is 1. The topological polar surface area (TPSA) is 12.0 Å². The molecule has 0 aliphatic rings. The Kier molecular flexibility index (Phi) is 4.72. The number of hydrogen-bond donors (Lipinski definition) is 1. The van der Waals surface area contributed by atoms with Crippen molar-refractivity contribution in [3.63, 3.8) is 0 Å². The molecule has 0 heterocycles. The fraction of sp³-hybridized carbons (Fsp3) is 0.250. The predicted octanol–water partition coefficient (Wildman–Crippen LogP) is 4.40. The zero-order valence-electron chi connectivity index (χ0n) is 11.1. The van der Waals surface area contributed by atoms with E-state index < -0.39 is 0 Å². The maximum Gasteiger partial charge on any atom is 0.128 e. The molecule has 1 nitrogen and oxygen atoms in total. The molecular weight excluding hydrogens is 305 g/mol. The first-order chi connectivity index (χ1) is 9.10. The van der Waals surface area contributed by atoms with Crippen LogP contribution in [0, 0.1) is 12.7 Å². The van der Waals surface area contributed by atoms with Gasteiger partial charge >= 0.3 is 0 Å². The molecule has 3 heteroatoms. The molecule has 0 saturated heterocycles. The minimum absolute atomic E-state index is 0.0193. The van der Waals surface area contributed by atoms with E-state index in [1.54, 1.807) is 6.07 Å². The Bertz CT molecular complexity index is 568. The molecule has 2 aromatic rings. The van der Waals surface area contributed by atoms with Crippen LogP contribution >= 0.6 is 15.9 Å². The van der Waals surface area contributed by atoms with Crippen molar-refractivity contribution in [3.8, 4) is 0 Å². The highest BCUT2D eigenvalue weighted by molar-refractivity contribution is 9.10. The standard InChI is InChI=1S/C16H17BrFN/c1-11-6-7-15(18)14(8-11)16(19-2)10-12-4-3-5-13(17)9-12/h3-9,16,19H,10H2,1-2H3. The van der Waals surface area contributed by atoms with E-state index in [-0.39, 0.29) is 11.9 Å². The van der Waals surface area contributed by atoms with Crippen LogP contribution in [0.25, 0.3) is 0 Å². The summed E-state index contributed by atoms with van der Waals surface area (Å²) >= 11 is 3.46. The third kappa shape index (κ3) is 3.64. The Labute approximate surface area is 122 Å². The summed E-state index contributed by atoms with van der Waals surface area (Å²) in [5.74, 6) is -0.153. The van der Waals surface area contributed by atoms with Crippen molar-refractivity contribution in [1.82, 2.24) is 5.32 Å². The van der Waals surface area contributed by atoms with E-state index >= 15 is 0 Å². The van der Waals surface area contributed by atoms with Gasteiger partial charge < -0.3 is 5.32 Å². The van der Waals surface area contributed by atoms with E-state index in [1.165, 1.54) is 11.6 Å². The van der Waals surface area contributed by atoms with Gasteiger partial charge in [0, 0.05) is 16.1 Å². The summed E-state index contributed by atoms with van der Waals surface area (Å²) in [4.78, 5) is 0. The second kappa shape index (κ2) is 6.31. The molecule has 0 spiro atoms. The summed E-state index contributed by atoms with van der Waals surface area (Å²) in [5, 5.41) is 3.20. The Morgan fingerprint density at radius 3 is 2.68 bits per heavy atom. The molecule has 2 aromatic carbocycles.